The normalized spacial score (nSPS) is 17.4. The molecule has 6 heteroatoms. The number of amides is 1. The van der Waals surface area contributed by atoms with Crippen molar-refractivity contribution in [2.24, 2.45) is 0 Å². The van der Waals surface area contributed by atoms with E-state index in [4.69, 9.17) is 4.74 Å². The summed E-state index contributed by atoms with van der Waals surface area (Å²) in [5.41, 5.74) is 1.73. The number of anilines is 1. The van der Waals surface area contributed by atoms with Crippen LogP contribution in [-0.4, -0.2) is 54.1 Å². The lowest BCUT2D eigenvalue weighted by molar-refractivity contribution is 0.0527. The Labute approximate surface area is 142 Å². The topological polar surface area (TPSA) is 58.6 Å². The first-order chi connectivity index (χ1) is 11.6. The molecular formula is C18H22N4O2. The fourth-order valence-electron chi connectivity index (χ4n) is 2.84. The first-order valence-corrected chi connectivity index (χ1v) is 8.13. The highest BCUT2D eigenvalue weighted by Gasteiger charge is 2.26. The van der Waals surface area contributed by atoms with Crippen molar-refractivity contribution in [1.82, 2.24) is 14.9 Å². The number of hydrogen-bond donors (Lipinski definition) is 0. The van der Waals surface area contributed by atoms with Crippen LogP contribution in [0.5, 0.6) is 5.88 Å². The largest absolute Gasteiger partial charge is 0.472 e. The van der Waals surface area contributed by atoms with Crippen LogP contribution in [0.4, 0.5) is 5.69 Å². The highest BCUT2D eigenvalue weighted by atomic mass is 16.5. The molecule has 2 aromatic rings. The number of piperidine rings is 1. The Balaban J connectivity index is 1.68. The number of rotatable bonds is 4. The van der Waals surface area contributed by atoms with Gasteiger partial charge < -0.3 is 14.5 Å². The second-order valence-corrected chi connectivity index (χ2v) is 6.13. The molecule has 0 aliphatic carbocycles. The molecule has 1 aliphatic rings. The molecule has 3 rings (SSSR count). The Bertz CT molecular complexity index is 690. The van der Waals surface area contributed by atoms with Gasteiger partial charge in [0.15, 0.2) is 0 Å². The van der Waals surface area contributed by atoms with Crippen LogP contribution in [0.15, 0.2) is 42.9 Å². The van der Waals surface area contributed by atoms with Gasteiger partial charge in [-0.2, -0.15) is 0 Å². The van der Waals surface area contributed by atoms with Crippen LogP contribution < -0.4 is 9.64 Å². The van der Waals surface area contributed by atoms with E-state index < -0.39 is 0 Å². The van der Waals surface area contributed by atoms with Crippen LogP contribution >= 0.6 is 0 Å². The summed E-state index contributed by atoms with van der Waals surface area (Å²) < 4.78 is 5.88. The minimum atomic E-state index is -0.0327. The Morgan fingerprint density at radius 3 is 2.96 bits per heavy atom. The summed E-state index contributed by atoms with van der Waals surface area (Å²) in [6, 6.07) is 9.44. The maximum Gasteiger partial charge on any atom is 0.254 e. The van der Waals surface area contributed by atoms with Crippen LogP contribution in [0, 0.1) is 0 Å². The van der Waals surface area contributed by atoms with Gasteiger partial charge in [0.25, 0.3) is 5.91 Å². The number of ether oxygens (including phenoxy) is 1. The van der Waals surface area contributed by atoms with E-state index in [-0.39, 0.29) is 12.0 Å². The number of likely N-dealkylation sites (tertiary alicyclic amines) is 1. The van der Waals surface area contributed by atoms with E-state index in [1.54, 1.807) is 12.3 Å². The van der Waals surface area contributed by atoms with Crippen LogP contribution in [0.1, 0.15) is 23.2 Å². The molecule has 1 fully saturated rings. The zero-order chi connectivity index (χ0) is 16.9. The lowest BCUT2D eigenvalue weighted by atomic mass is 10.1. The summed E-state index contributed by atoms with van der Waals surface area (Å²) in [6.45, 7) is 1.34. The zero-order valence-corrected chi connectivity index (χ0v) is 14.1. The van der Waals surface area contributed by atoms with E-state index >= 15 is 0 Å². The van der Waals surface area contributed by atoms with Gasteiger partial charge in [0, 0.05) is 44.2 Å². The fraction of sp³-hybridized carbons (Fsp3) is 0.389. The molecule has 1 unspecified atom stereocenters. The van der Waals surface area contributed by atoms with E-state index in [0.717, 1.165) is 25.1 Å². The maximum atomic E-state index is 12.8. The molecule has 0 radical (unpaired) electrons. The molecule has 0 N–H and O–H groups in total. The highest BCUT2D eigenvalue weighted by molar-refractivity contribution is 5.95. The summed E-state index contributed by atoms with van der Waals surface area (Å²) in [5.74, 6) is 0.605. The molecule has 24 heavy (non-hydrogen) atoms. The lowest BCUT2D eigenvalue weighted by Crippen LogP contribution is -2.44. The van der Waals surface area contributed by atoms with Gasteiger partial charge in [0.05, 0.1) is 6.54 Å². The van der Waals surface area contributed by atoms with Gasteiger partial charge in [-0.25, -0.2) is 9.97 Å². The molecule has 6 nitrogen and oxygen atoms in total. The van der Waals surface area contributed by atoms with Gasteiger partial charge in [-0.05, 0) is 31.0 Å². The zero-order valence-electron chi connectivity index (χ0n) is 14.1. The van der Waals surface area contributed by atoms with Crippen molar-refractivity contribution in [2.75, 3.05) is 32.1 Å². The minimum Gasteiger partial charge on any atom is -0.472 e. The second-order valence-electron chi connectivity index (χ2n) is 6.13. The highest BCUT2D eigenvalue weighted by Crippen LogP contribution is 2.20. The fourth-order valence-corrected chi connectivity index (χ4v) is 2.84. The summed E-state index contributed by atoms with van der Waals surface area (Å²) >= 11 is 0. The van der Waals surface area contributed by atoms with E-state index in [9.17, 15) is 4.79 Å². The molecule has 126 valence electrons. The third-order valence-electron chi connectivity index (χ3n) is 4.12. The van der Waals surface area contributed by atoms with Crippen molar-refractivity contribution < 1.29 is 9.53 Å². The van der Waals surface area contributed by atoms with Crippen LogP contribution in [-0.2, 0) is 0 Å². The van der Waals surface area contributed by atoms with Crippen molar-refractivity contribution in [1.29, 1.82) is 0 Å². The molecule has 0 bridgehead atoms. The molecule has 1 atom stereocenters. The summed E-state index contributed by atoms with van der Waals surface area (Å²) in [6.07, 6.45) is 4.93. The third kappa shape index (κ3) is 3.82. The van der Waals surface area contributed by atoms with Crippen LogP contribution in [0.25, 0.3) is 0 Å². The van der Waals surface area contributed by atoms with E-state index in [1.807, 2.05) is 48.2 Å². The van der Waals surface area contributed by atoms with E-state index in [1.165, 1.54) is 6.33 Å². The quantitative estimate of drug-likeness (QED) is 0.862. The van der Waals surface area contributed by atoms with Gasteiger partial charge in [-0.15, -0.1) is 0 Å². The van der Waals surface area contributed by atoms with Crippen LogP contribution in [0.2, 0.25) is 0 Å². The Kier molecular flexibility index (Phi) is 4.93. The van der Waals surface area contributed by atoms with Crippen molar-refractivity contribution in [2.45, 2.75) is 18.9 Å². The third-order valence-corrected chi connectivity index (χ3v) is 4.12. The number of carbonyl (C=O) groups excluding carboxylic acids is 1. The van der Waals surface area contributed by atoms with Crippen molar-refractivity contribution in [3.8, 4) is 5.88 Å². The van der Waals surface area contributed by atoms with Gasteiger partial charge in [0.1, 0.15) is 12.4 Å². The molecule has 1 aromatic carbocycles. The molecule has 1 aliphatic heterocycles. The number of nitrogens with zero attached hydrogens (tertiary/aromatic N) is 4. The smallest absolute Gasteiger partial charge is 0.254 e. The average Bonchev–Trinajstić information content (AvgIpc) is 2.62. The molecule has 1 amide bonds. The van der Waals surface area contributed by atoms with Crippen molar-refractivity contribution in [3.05, 3.63) is 48.4 Å². The Morgan fingerprint density at radius 1 is 1.33 bits per heavy atom. The van der Waals surface area contributed by atoms with Gasteiger partial charge in [-0.3, -0.25) is 4.79 Å². The van der Waals surface area contributed by atoms with E-state index in [2.05, 4.69) is 9.97 Å². The number of carbonyl (C=O) groups is 1. The molecule has 2 heterocycles. The predicted octanol–water partition coefficient (Wildman–Crippen LogP) is 2.23. The Morgan fingerprint density at radius 2 is 2.21 bits per heavy atom. The Hall–Kier alpha value is -2.63. The van der Waals surface area contributed by atoms with Crippen molar-refractivity contribution >= 4 is 11.6 Å². The van der Waals surface area contributed by atoms with Crippen molar-refractivity contribution in [3.63, 3.8) is 0 Å². The number of benzene rings is 1. The lowest BCUT2D eigenvalue weighted by Gasteiger charge is -2.32. The molecule has 0 spiro atoms. The number of aromatic nitrogens is 2. The monoisotopic (exact) mass is 326 g/mol. The standard InChI is InChI=1S/C18H22N4O2/c1-21(2)15-6-3-5-14(11-15)18(23)22-10-4-7-16(12-22)24-17-8-9-19-13-20-17/h3,5-6,8-9,11,13,16H,4,7,10,12H2,1-2H3. The molecular weight excluding hydrogens is 304 g/mol. The second kappa shape index (κ2) is 7.29. The minimum absolute atomic E-state index is 0.0327. The molecule has 1 saturated heterocycles. The predicted molar refractivity (Wildman–Crippen MR) is 92.4 cm³/mol. The van der Waals surface area contributed by atoms with Gasteiger partial charge in [0.2, 0.25) is 5.88 Å². The summed E-state index contributed by atoms with van der Waals surface area (Å²) in [7, 11) is 3.94. The first kappa shape index (κ1) is 16.2. The first-order valence-electron chi connectivity index (χ1n) is 8.13. The van der Waals surface area contributed by atoms with Crippen LogP contribution in [0.3, 0.4) is 0 Å². The average molecular weight is 326 g/mol. The SMILES string of the molecule is CN(C)c1cccc(C(=O)N2CCCC(Oc3ccncn3)C2)c1. The summed E-state index contributed by atoms with van der Waals surface area (Å²) in [4.78, 5) is 24.6. The van der Waals surface area contributed by atoms with Gasteiger partial charge in [-0.1, -0.05) is 6.07 Å². The summed E-state index contributed by atoms with van der Waals surface area (Å²) in [5, 5.41) is 0. The maximum absolute atomic E-state index is 12.8. The molecule has 0 saturated carbocycles. The van der Waals surface area contributed by atoms with E-state index in [0.29, 0.717) is 18.0 Å². The molecule has 1 aromatic heterocycles. The van der Waals surface area contributed by atoms with Gasteiger partial charge >= 0.3 is 0 Å². The number of hydrogen-bond acceptors (Lipinski definition) is 5.